The number of pyridine rings is 1. The molecular weight excluding hydrogens is 230 g/mol. The molecular formula is C13H19N3O2. The molecule has 2 aromatic rings. The number of hydrogen-bond donors (Lipinski definition) is 1. The maximum Gasteiger partial charge on any atom is 0.137 e. The van der Waals surface area contributed by atoms with Crippen LogP contribution in [0.25, 0.3) is 5.65 Å². The van der Waals surface area contributed by atoms with Crippen molar-refractivity contribution in [3.63, 3.8) is 0 Å². The van der Waals surface area contributed by atoms with Gasteiger partial charge in [-0.2, -0.15) is 0 Å². The quantitative estimate of drug-likeness (QED) is 0.821. The first-order chi connectivity index (χ1) is 8.69. The molecule has 0 fully saturated rings. The Bertz CT molecular complexity index is 465. The fraction of sp³-hybridized carbons (Fsp3) is 0.462. The third-order valence-corrected chi connectivity index (χ3v) is 2.73. The van der Waals surface area contributed by atoms with Gasteiger partial charge in [-0.15, -0.1) is 0 Å². The van der Waals surface area contributed by atoms with Crippen molar-refractivity contribution in [3.8, 4) is 0 Å². The summed E-state index contributed by atoms with van der Waals surface area (Å²) in [6.07, 6.45) is 3.53. The number of likely N-dealkylation sites (N-methyl/N-ethyl adjacent to an activating group) is 1. The van der Waals surface area contributed by atoms with Crippen LogP contribution in [0.15, 0.2) is 30.6 Å². The van der Waals surface area contributed by atoms with Crippen LogP contribution in [-0.4, -0.2) is 52.8 Å². The lowest BCUT2D eigenvalue weighted by Gasteiger charge is -2.18. The average Bonchev–Trinajstić information content (AvgIpc) is 2.70. The number of imidazole rings is 1. The van der Waals surface area contributed by atoms with Crippen molar-refractivity contribution < 1.29 is 9.84 Å². The summed E-state index contributed by atoms with van der Waals surface area (Å²) in [4.78, 5) is 6.55. The standard InChI is InChI=1S/C13H19N3O2/c1-15(9-12(17)10-18-2)7-11-8-16-6-4-3-5-13(16)14-11/h3-6,8,12,17H,7,9-10H2,1-2H3. The zero-order chi connectivity index (χ0) is 13.0. The first-order valence-electron chi connectivity index (χ1n) is 5.97. The van der Waals surface area contributed by atoms with Gasteiger partial charge in [-0.25, -0.2) is 4.98 Å². The van der Waals surface area contributed by atoms with Gasteiger partial charge in [0.2, 0.25) is 0 Å². The summed E-state index contributed by atoms with van der Waals surface area (Å²) in [5, 5.41) is 9.65. The molecule has 18 heavy (non-hydrogen) atoms. The van der Waals surface area contributed by atoms with Gasteiger partial charge in [0.15, 0.2) is 0 Å². The van der Waals surface area contributed by atoms with Gasteiger partial charge in [-0.05, 0) is 19.2 Å². The van der Waals surface area contributed by atoms with E-state index in [9.17, 15) is 5.11 Å². The number of methoxy groups -OCH3 is 1. The molecule has 0 saturated heterocycles. The number of hydrogen-bond acceptors (Lipinski definition) is 4. The molecule has 1 unspecified atom stereocenters. The molecule has 1 atom stereocenters. The highest BCUT2D eigenvalue weighted by Crippen LogP contribution is 2.06. The number of nitrogens with zero attached hydrogens (tertiary/aromatic N) is 3. The van der Waals surface area contributed by atoms with Crippen LogP contribution < -0.4 is 0 Å². The van der Waals surface area contributed by atoms with Gasteiger partial charge in [0, 0.05) is 32.6 Å². The Labute approximate surface area is 107 Å². The van der Waals surface area contributed by atoms with Crippen molar-refractivity contribution in [1.29, 1.82) is 0 Å². The van der Waals surface area contributed by atoms with E-state index in [1.54, 1.807) is 7.11 Å². The fourth-order valence-corrected chi connectivity index (χ4v) is 2.01. The van der Waals surface area contributed by atoms with Crippen molar-refractivity contribution in [1.82, 2.24) is 14.3 Å². The molecule has 0 bridgehead atoms. The van der Waals surface area contributed by atoms with Gasteiger partial charge < -0.3 is 14.2 Å². The minimum Gasteiger partial charge on any atom is -0.389 e. The first kappa shape index (κ1) is 13.0. The van der Waals surface area contributed by atoms with Crippen LogP contribution in [0.3, 0.4) is 0 Å². The summed E-state index contributed by atoms with van der Waals surface area (Å²) in [6, 6.07) is 5.92. The summed E-state index contributed by atoms with van der Waals surface area (Å²) < 4.78 is 6.90. The number of rotatable bonds is 6. The van der Waals surface area contributed by atoms with E-state index in [4.69, 9.17) is 4.74 Å². The van der Waals surface area contributed by atoms with Gasteiger partial charge >= 0.3 is 0 Å². The summed E-state index contributed by atoms with van der Waals surface area (Å²) in [5.41, 5.74) is 1.94. The predicted molar refractivity (Wildman–Crippen MR) is 69.4 cm³/mol. The predicted octanol–water partition coefficient (Wildman–Crippen LogP) is 0.773. The van der Waals surface area contributed by atoms with E-state index in [0.29, 0.717) is 19.7 Å². The molecule has 2 rings (SSSR count). The van der Waals surface area contributed by atoms with Gasteiger partial charge in [0.1, 0.15) is 5.65 Å². The molecule has 0 aliphatic rings. The highest BCUT2D eigenvalue weighted by Gasteiger charge is 2.10. The molecule has 0 spiro atoms. The smallest absolute Gasteiger partial charge is 0.137 e. The lowest BCUT2D eigenvalue weighted by molar-refractivity contribution is 0.0417. The van der Waals surface area contributed by atoms with E-state index in [1.165, 1.54) is 0 Å². The van der Waals surface area contributed by atoms with Gasteiger partial charge in [0.05, 0.1) is 18.4 Å². The lowest BCUT2D eigenvalue weighted by Crippen LogP contribution is -2.31. The number of aliphatic hydroxyl groups excluding tert-OH is 1. The van der Waals surface area contributed by atoms with Crippen LogP contribution in [0.5, 0.6) is 0 Å². The fourth-order valence-electron chi connectivity index (χ4n) is 2.01. The minimum atomic E-state index is -0.461. The maximum atomic E-state index is 9.65. The second-order valence-electron chi connectivity index (χ2n) is 4.50. The van der Waals surface area contributed by atoms with Crippen LogP contribution in [0, 0.1) is 0 Å². The Morgan fingerprint density at radius 2 is 2.33 bits per heavy atom. The number of ether oxygens (including phenoxy) is 1. The number of fused-ring (bicyclic) bond motifs is 1. The Hall–Kier alpha value is -1.43. The molecule has 5 nitrogen and oxygen atoms in total. The van der Waals surface area contributed by atoms with E-state index in [2.05, 4.69) is 4.98 Å². The van der Waals surface area contributed by atoms with Gasteiger partial charge in [-0.1, -0.05) is 6.07 Å². The normalized spacial score (nSPS) is 13.3. The SMILES string of the molecule is COCC(O)CN(C)Cc1cn2ccccc2n1. The molecule has 1 N–H and O–H groups in total. The topological polar surface area (TPSA) is 50.0 Å². The summed E-state index contributed by atoms with van der Waals surface area (Å²) in [6.45, 7) is 1.64. The monoisotopic (exact) mass is 249 g/mol. The lowest BCUT2D eigenvalue weighted by atomic mass is 10.3. The molecule has 5 heteroatoms. The van der Waals surface area contributed by atoms with E-state index in [-0.39, 0.29) is 0 Å². The average molecular weight is 249 g/mol. The third-order valence-electron chi connectivity index (χ3n) is 2.73. The van der Waals surface area contributed by atoms with Crippen molar-refractivity contribution >= 4 is 5.65 Å². The van der Waals surface area contributed by atoms with Crippen LogP contribution in [0.4, 0.5) is 0 Å². The third kappa shape index (κ3) is 3.29. The molecule has 0 saturated carbocycles. The molecule has 98 valence electrons. The van der Waals surface area contributed by atoms with E-state index in [0.717, 1.165) is 11.3 Å². The van der Waals surface area contributed by atoms with Gasteiger partial charge in [0.25, 0.3) is 0 Å². The molecule has 2 heterocycles. The molecule has 0 aliphatic heterocycles. The Morgan fingerprint density at radius 1 is 1.50 bits per heavy atom. The molecule has 0 aromatic carbocycles. The zero-order valence-corrected chi connectivity index (χ0v) is 10.8. The summed E-state index contributed by atoms with van der Waals surface area (Å²) >= 11 is 0. The first-order valence-corrected chi connectivity index (χ1v) is 5.97. The Kier molecular flexibility index (Phi) is 4.30. The molecule has 0 amide bonds. The molecule has 0 aliphatic carbocycles. The highest BCUT2D eigenvalue weighted by atomic mass is 16.5. The van der Waals surface area contributed by atoms with E-state index < -0.39 is 6.10 Å². The largest absolute Gasteiger partial charge is 0.389 e. The van der Waals surface area contributed by atoms with Gasteiger partial charge in [-0.3, -0.25) is 4.90 Å². The van der Waals surface area contributed by atoms with E-state index in [1.807, 2.05) is 46.9 Å². The second-order valence-corrected chi connectivity index (χ2v) is 4.50. The number of aliphatic hydroxyl groups is 1. The zero-order valence-electron chi connectivity index (χ0n) is 10.8. The van der Waals surface area contributed by atoms with Crippen LogP contribution in [-0.2, 0) is 11.3 Å². The van der Waals surface area contributed by atoms with Crippen LogP contribution in [0.2, 0.25) is 0 Å². The van der Waals surface area contributed by atoms with Crippen molar-refractivity contribution in [3.05, 3.63) is 36.3 Å². The van der Waals surface area contributed by atoms with Crippen molar-refractivity contribution in [2.24, 2.45) is 0 Å². The van der Waals surface area contributed by atoms with Crippen molar-refractivity contribution in [2.45, 2.75) is 12.6 Å². The molecule has 0 radical (unpaired) electrons. The van der Waals surface area contributed by atoms with Crippen LogP contribution >= 0.6 is 0 Å². The van der Waals surface area contributed by atoms with E-state index >= 15 is 0 Å². The molecule has 2 aromatic heterocycles. The Balaban J connectivity index is 1.96. The summed E-state index contributed by atoms with van der Waals surface area (Å²) in [5.74, 6) is 0. The Morgan fingerprint density at radius 3 is 3.06 bits per heavy atom. The van der Waals surface area contributed by atoms with Crippen molar-refractivity contribution in [2.75, 3.05) is 27.3 Å². The maximum absolute atomic E-state index is 9.65. The second kappa shape index (κ2) is 5.95. The summed E-state index contributed by atoms with van der Waals surface area (Å²) in [7, 11) is 3.55. The highest BCUT2D eigenvalue weighted by molar-refractivity contribution is 5.39. The van der Waals surface area contributed by atoms with Crippen LogP contribution in [0.1, 0.15) is 5.69 Å². The minimum absolute atomic E-state index is 0.357. The number of aromatic nitrogens is 2.